The monoisotopic (exact) mass is 443 g/mol. The van der Waals surface area contributed by atoms with Crippen LogP contribution >= 0.6 is 11.6 Å². The number of piperidine rings is 1. The minimum Gasteiger partial charge on any atom is -0.373 e. The Morgan fingerprint density at radius 3 is 2.68 bits per heavy atom. The fourth-order valence-electron chi connectivity index (χ4n) is 3.75. The van der Waals surface area contributed by atoms with Crippen molar-refractivity contribution in [2.24, 2.45) is 0 Å². The number of likely N-dealkylation sites (tertiary alicyclic amines) is 1. The van der Waals surface area contributed by atoms with Crippen LogP contribution < -0.4 is 5.32 Å². The molecule has 0 bridgehead atoms. The van der Waals surface area contributed by atoms with Crippen LogP contribution in [0.25, 0.3) is 0 Å². The molecule has 1 fully saturated rings. The van der Waals surface area contributed by atoms with Gasteiger partial charge in [0.25, 0.3) is 0 Å². The molecule has 1 aromatic carbocycles. The van der Waals surface area contributed by atoms with E-state index in [0.717, 1.165) is 36.5 Å². The highest BCUT2D eigenvalue weighted by atomic mass is 35.5. The number of carbonyl (C=O) groups is 2. The van der Waals surface area contributed by atoms with E-state index < -0.39 is 0 Å². The molecule has 2 amide bonds. The van der Waals surface area contributed by atoms with Gasteiger partial charge in [-0.15, -0.1) is 0 Å². The van der Waals surface area contributed by atoms with Crippen molar-refractivity contribution in [3.8, 4) is 0 Å². The van der Waals surface area contributed by atoms with E-state index in [4.69, 9.17) is 16.6 Å². The van der Waals surface area contributed by atoms with E-state index in [1.54, 1.807) is 11.9 Å². The van der Waals surface area contributed by atoms with Crippen LogP contribution in [0.5, 0.6) is 0 Å². The molecule has 1 aliphatic rings. The predicted octanol–water partition coefficient (Wildman–Crippen LogP) is 3.49. The van der Waals surface area contributed by atoms with Gasteiger partial charge < -0.3 is 15.1 Å². The largest absolute Gasteiger partial charge is 0.373 e. The van der Waals surface area contributed by atoms with Crippen molar-refractivity contribution in [2.45, 2.75) is 45.1 Å². The summed E-state index contributed by atoms with van der Waals surface area (Å²) in [5, 5.41) is 3.78. The lowest BCUT2D eigenvalue weighted by molar-refractivity contribution is -0.132. The highest BCUT2D eigenvalue weighted by molar-refractivity contribution is 6.30. The van der Waals surface area contributed by atoms with E-state index in [1.807, 2.05) is 42.3 Å². The number of aryl methyl sites for hydroxylation is 1. The Kier molecular flexibility index (Phi) is 7.85. The molecule has 0 saturated carbocycles. The molecule has 0 aliphatic carbocycles. The van der Waals surface area contributed by atoms with E-state index in [2.05, 4.69) is 10.3 Å². The molecule has 7 nitrogen and oxygen atoms in total. The number of aromatic nitrogens is 2. The second-order valence-corrected chi connectivity index (χ2v) is 8.46. The summed E-state index contributed by atoms with van der Waals surface area (Å²) in [6.07, 6.45) is 3.10. The topological polar surface area (TPSA) is 78.4 Å². The van der Waals surface area contributed by atoms with Crippen LogP contribution in [0.4, 0.5) is 5.82 Å². The average molecular weight is 444 g/mol. The van der Waals surface area contributed by atoms with Gasteiger partial charge in [-0.1, -0.05) is 23.7 Å². The molecule has 8 heteroatoms. The molecule has 1 atom stereocenters. The lowest BCUT2D eigenvalue weighted by Gasteiger charge is -2.33. The van der Waals surface area contributed by atoms with Crippen LogP contribution in [0.1, 0.15) is 49.2 Å². The minimum absolute atomic E-state index is 0.0323. The molecular formula is C23H30ClN5O2. The Balaban J connectivity index is 1.66. The van der Waals surface area contributed by atoms with Gasteiger partial charge in [0.05, 0.1) is 12.2 Å². The number of carbonyl (C=O) groups excluding carboxylic acids is 2. The third kappa shape index (κ3) is 6.40. The number of hydrogen-bond donors (Lipinski definition) is 1. The standard InChI is InChI=1S/C23H30ClN5O2/c1-16(30)28(3)15-22-26-20(13-21(25-2)27-22)18-5-4-12-29(14-18)23(31)11-8-17-6-9-19(24)10-7-17/h6-7,9-10,13,18H,4-5,8,11-12,14-15H2,1-3H3,(H,25,26,27)/t18-/m1/s1. The zero-order valence-corrected chi connectivity index (χ0v) is 19.2. The van der Waals surface area contributed by atoms with Gasteiger partial charge >= 0.3 is 0 Å². The SMILES string of the molecule is CNc1cc([C@@H]2CCCN(C(=O)CCc3ccc(Cl)cc3)C2)nc(CN(C)C(C)=O)n1. The van der Waals surface area contributed by atoms with Crippen molar-refractivity contribution in [1.29, 1.82) is 0 Å². The first-order valence-electron chi connectivity index (χ1n) is 10.6. The summed E-state index contributed by atoms with van der Waals surface area (Å²) in [6.45, 7) is 3.31. The number of nitrogens with zero attached hydrogens (tertiary/aromatic N) is 4. The molecule has 3 rings (SSSR count). The third-order valence-electron chi connectivity index (χ3n) is 5.70. The van der Waals surface area contributed by atoms with Gasteiger partial charge in [-0.2, -0.15) is 0 Å². The van der Waals surface area contributed by atoms with Crippen molar-refractivity contribution in [1.82, 2.24) is 19.8 Å². The maximum atomic E-state index is 12.8. The molecule has 2 aromatic rings. The number of hydrogen-bond acceptors (Lipinski definition) is 5. The lowest BCUT2D eigenvalue weighted by Crippen LogP contribution is -2.39. The zero-order valence-electron chi connectivity index (χ0n) is 18.4. The van der Waals surface area contributed by atoms with Gasteiger partial charge in [0.1, 0.15) is 11.6 Å². The summed E-state index contributed by atoms with van der Waals surface area (Å²) in [5.74, 6) is 1.62. The highest BCUT2D eigenvalue weighted by Crippen LogP contribution is 2.27. The Hall–Kier alpha value is -2.67. The van der Waals surface area contributed by atoms with Crippen LogP contribution in [-0.4, -0.2) is 58.8 Å². The minimum atomic E-state index is -0.0323. The molecule has 2 heterocycles. The Morgan fingerprint density at radius 2 is 2.00 bits per heavy atom. The van der Waals surface area contributed by atoms with Crippen LogP contribution in [-0.2, 0) is 22.6 Å². The first-order valence-corrected chi connectivity index (χ1v) is 11.0. The van der Waals surface area contributed by atoms with Gasteiger partial charge in [0.2, 0.25) is 11.8 Å². The molecule has 0 spiro atoms. The maximum absolute atomic E-state index is 12.8. The molecule has 0 unspecified atom stereocenters. The lowest BCUT2D eigenvalue weighted by atomic mass is 9.94. The molecular weight excluding hydrogens is 414 g/mol. The van der Waals surface area contributed by atoms with Crippen LogP contribution in [0, 0.1) is 0 Å². The highest BCUT2D eigenvalue weighted by Gasteiger charge is 2.26. The number of benzene rings is 1. The molecule has 0 radical (unpaired) electrons. The van der Waals surface area contributed by atoms with Crippen molar-refractivity contribution >= 4 is 29.2 Å². The van der Waals surface area contributed by atoms with Gasteiger partial charge in [-0.05, 0) is 37.0 Å². The van der Waals surface area contributed by atoms with Crippen molar-refractivity contribution in [2.75, 3.05) is 32.5 Å². The smallest absolute Gasteiger partial charge is 0.222 e. The summed E-state index contributed by atoms with van der Waals surface area (Å²) in [7, 11) is 3.55. The number of nitrogens with one attached hydrogen (secondary N) is 1. The first kappa shape index (κ1) is 23.0. The van der Waals surface area contributed by atoms with E-state index in [0.29, 0.717) is 36.8 Å². The summed E-state index contributed by atoms with van der Waals surface area (Å²) < 4.78 is 0. The fourth-order valence-corrected chi connectivity index (χ4v) is 3.88. The first-order chi connectivity index (χ1) is 14.9. The maximum Gasteiger partial charge on any atom is 0.222 e. The summed E-state index contributed by atoms with van der Waals surface area (Å²) in [6, 6.07) is 9.59. The van der Waals surface area contributed by atoms with E-state index in [-0.39, 0.29) is 17.7 Å². The van der Waals surface area contributed by atoms with E-state index in [9.17, 15) is 9.59 Å². The van der Waals surface area contributed by atoms with Crippen LogP contribution in [0.3, 0.4) is 0 Å². The molecule has 1 aliphatic heterocycles. The summed E-state index contributed by atoms with van der Waals surface area (Å²) in [5.41, 5.74) is 2.03. The normalized spacial score (nSPS) is 16.1. The van der Waals surface area contributed by atoms with Crippen molar-refractivity contribution in [3.05, 3.63) is 52.4 Å². The van der Waals surface area contributed by atoms with Crippen molar-refractivity contribution < 1.29 is 9.59 Å². The summed E-state index contributed by atoms with van der Waals surface area (Å²) in [4.78, 5) is 37.2. The third-order valence-corrected chi connectivity index (χ3v) is 5.95. The van der Waals surface area contributed by atoms with Gasteiger partial charge in [0, 0.05) is 57.5 Å². The van der Waals surface area contributed by atoms with Crippen molar-refractivity contribution in [3.63, 3.8) is 0 Å². The number of anilines is 1. The summed E-state index contributed by atoms with van der Waals surface area (Å²) >= 11 is 5.94. The van der Waals surface area contributed by atoms with Gasteiger partial charge in [-0.3, -0.25) is 9.59 Å². The molecule has 1 saturated heterocycles. The van der Waals surface area contributed by atoms with Crippen LogP contribution in [0.2, 0.25) is 5.02 Å². The Labute approximate surface area is 188 Å². The number of halogens is 1. The second-order valence-electron chi connectivity index (χ2n) is 8.02. The van der Waals surface area contributed by atoms with Gasteiger partial charge in [0.15, 0.2) is 0 Å². The predicted molar refractivity (Wildman–Crippen MR) is 122 cm³/mol. The number of amides is 2. The van der Waals surface area contributed by atoms with E-state index >= 15 is 0 Å². The average Bonchev–Trinajstić information content (AvgIpc) is 2.78. The molecule has 31 heavy (non-hydrogen) atoms. The van der Waals surface area contributed by atoms with E-state index in [1.165, 1.54) is 6.92 Å². The Bertz CT molecular complexity index is 919. The Morgan fingerprint density at radius 1 is 1.26 bits per heavy atom. The molecule has 1 aromatic heterocycles. The fraction of sp³-hybridized carbons (Fsp3) is 0.478. The quantitative estimate of drug-likeness (QED) is 0.708. The second kappa shape index (κ2) is 10.6. The molecule has 166 valence electrons. The number of rotatable bonds is 7. The van der Waals surface area contributed by atoms with Gasteiger partial charge in [-0.25, -0.2) is 9.97 Å². The van der Waals surface area contributed by atoms with Crippen LogP contribution in [0.15, 0.2) is 30.3 Å². The molecule has 1 N–H and O–H groups in total. The zero-order chi connectivity index (χ0) is 22.4.